The van der Waals surface area contributed by atoms with Crippen LogP contribution in [0.1, 0.15) is 43.6 Å². The number of rotatable bonds is 7. The number of nitrogens with zero attached hydrogens (tertiary/aromatic N) is 4. The van der Waals surface area contributed by atoms with E-state index in [1.54, 1.807) is 7.11 Å². The van der Waals surface area contributed by atoms with Gasteiger partial charge < -0.3 is 20.5 Å². The van der Waals surface area contributed by atoms with E-state index in [2.05, 4.69) is 32.6 Å². The molecule has 2 unspecified atom stereocenters. The minimum Gasteiger partial charge on any atom is -0.497 e. The summed E-state index contributed by atoms with van der Waals surface area (Å²) in [6.07, 6.45) is 2.07. The third-order valence-corrected chi connectivity index (χ3v) is 4.83. The van der Waals surface area contributed by atoms with Gasteiger partial charge in [0.1, 0.15) is 11.6 Å². The van der Waals surface area contributed by atoms with E-state index >= 15 is 0 Å². The fourth-order valence-electron chi connectivity index (χ4n) is 3.25. The molecule has 3 rings (SSSR count). The molecule has 28 heavy (non-hydrogen) atoms. The summed E-state index contributed by atoms with van der Waals surface area (Å²) < 4.78 is 7.15. The van der Waals surface area contributed by atoms with Gasteiger partial charge in [-0.25, -0.2) is 9.67 Å². The number of aryl methyl sites for hydroxylation is 2. The van der Waals surface area contributed by atoms with Gasteiger partial charge in [0.25, 0.3) is 0 Å². The van der Waals surface area contributed by atoms with Crippen molar-refractivity contribution in [2.75, 3.05) is 20.2 Å². The van der Waals surface area contributed by atoms with Gasteiger partial charge in [-0.1, -0.05) is 19.1 Å². The van der Waals surface area contributed by atoms with Crippen LogP contribution >= 0.6 is 0 Å². The number of aliphatic hydroxyl groups excluding tert-OH is 1. The second-order valence-corrected chi connectivity index (χ2v) is 6.87. The second kappa shape index (κ2) is 9.54. The molecule has 2 aromatic rings. The number of benzene rings is 1. The van der Waals surface area contributed by atoms with E-state index in [1.807, 2.05) is 35.9 Å². The molecule has 0 aliphatic carbocycles. The molecule has 0 radical (unpaired) electrons. The molecule has 2 heterocycles. The van der Waals surface area contributed by atoms with Gasteiger partial charge in [0.05, 0.1) is 26.3 Å². The van der Waals surface area contributed by atoms with Gasteiger partial charge in [-0.15, -0.1) is 0 Å². The van der Waals surface area contributed by atoms with Crippen molar-refractivity contribution in [3.8, 4) is 5.75 Å². The maximum Gasteiger partial charge on any atom is 0.191 e. The summed E-state index contributed by atoms with van der Waals surface area (Å²) in [5.74, 6) is 3.44. The average Bonchev–Trinajstić information content (AvgIpc) is 3.14. The van der Waals surface area contributed by atoms with Crippen LogP contribution in [0.15, 0.2) is 29.3 Å². The van der Waals surface area contributed by atoms with Crippen molar-refractivity contribution in [2.24, 2.45) is 4.99 Å². The number of aliphatic hydroxyl groups is 1. The molecule has 0 saturated carbocycles. The van der Waals surface area contributed by atoms with Crippen molar-refractivity contribution in [1.82, 2.24) is 25.4 Å². The molecular weight excluding hydrogens is 356 g/mol. The van der Waals surface area contributed by atoms with Gasteiger partial charge in [0, 0.05) is 25.4 Å². The van der Waals surface area contributed by atoms with Crippen molar-refractivity contribution in [1.29, 1.82) is 0 Å². The number of guanidine groups is 1. The van der Waals surface area contributed by atoms with Gasteiger partial charge in [0.15, 0.2) is 11.8 Å². The van der Waals surface area contributed by atoms with Gasteiger partial charge in [-0.2, -0.15) is 5.10 Å². The molecule has 152 valence electrons. The van der Waals surface area contributed by atoms with Crippen molar-refractivity contribution >= 4 is 5.96 Å². The molecule has 1 aliphatic rings. The molecule has 0 saturated heterocycles. The lowest BCUT2D eigenvalue weighted by Crippen LogP contribution is -2.47. The number of aliphatic imine (C=N–C) groups is 1. The number of hydrogen-bond donors (Lipinski definition) is 3. The second-order valence-electron chi connectivity index (χ2n) is 6.87. The zero-order chi connectivity index (χ0) is 19.9. The van der Waals surface area contributed by atoms with E-state index < -0.39 is 6.10 Å². The number of methoxy groups -OCH3 is 1. The quantitative estimate of drug-likeness (QED) is 0.492. The minimum atomic E-state index is -0.665. The third-order valence-electron chi connectivity index (χ3n) is 4.83. The maximum absolute atomic E-state index is 10.4. The van der Waals surface area contributed by atoms with Crippen molar-refractivity contribution in [3.05, 3.63) is 41.5 Å². The summed E-state index contributed by atoms with van der Waals surface area (Å²) in [5.41, 5.74) is 0.817. The van der Waals surface area contributed by atoms with Gasteiger partial charge >= 0.3 is 0 Å². The van der Waals surface area contributed by atoms with Crippen LogP contribution in [0.4, 0.5) is 0 Å². The monoisotopic (exact) mass is 386 g/mol. The minimum absolute atomic E-state index is 0.231. The maximum atomic E-state index is 10.4. The highest BCUT2D eigenvalue weighted by molar-refractivity contribution is 5.80. The first kappa shape index (κ1) is 20.1. The van der Waals surface area contributed by atoms with E-state index in [-0.39, 0.29) is 12.6 Å². The van der Waals surface area contributed by atoms with Crippen LogP contribution < -0.4 is 15.4 Å². The molecule has 0 bridgehead atoms. The van der Waals surface area contributed by atoms with Crippen LogP contribution in [0.5, 0.6) is 5.75 Å². The van der Waals surface area contributed by atoms with E-state index in [1.165, 1.54) is 0 Å². The SMILES string of the molecule is CCNC(=NCC(O)c1ccc(OC)cc1)NC1CCc2nc(CC)nn2C1. The van der Waals surface area contributed by atoms with Crippen LogP contribution in [-0.4, -0.2) is 52.1 Å². The van der Waals surface area contributed by atoms with E-state index in [0.717, 1.165) is 55.3 Å². The van der Waals surface area contributed by atoms with E-state index in [0.29, 0.717) is 5.96 Å². The summed E-state index contributed by atoms with van der Waals surface area (Å²) in [4.78, 5) is 9.13. The number of aromatic nitrogens is 3. The molecule has 1 aliphatic heterocycles. The number of ether oxygens (including phenoxy) is 1. The zero-order valence-electron chi connectivity index (χ0n) is 16.9. The Morgan fingerprint density at radius 1 is 1.36 bits per heavy atom. The highest BCUT2D eigenvalue weighted by Gasteiger charge is 2.22. The van der Waals surface area contributed by atoms with Crippen LogP contribution in [0.2, 0.25) is 0 Å². The zero-order valence-corrected chi connectivity index (χ0v) is 16.9. The van der Waals surface area contributed by atoms with Crippen molar-refractivity contribution < 1.29 is 9.84 Å². The molecule has 8 nitrogen and oxygen atoms in total. The van der Waals surface area contributed by atoms with Crippen molar-refractivity contribution in [2.45, 2.75) is 51.8 Å². The highest BCUT2D eigenvalue weighted by atomic mass is 16.5. The Hall–Kier alpha value is -2.61. The molecule has 1 aromatic carbocycles. The molecule has 2 atom stereocenters. The molecule has 0 spiro atoms. The normalized spacial score (nSPS) is 17.7. The summed E-state index contributed by atoms with van der Waals surface area (Å²) in [6, 6.07) is 7.63. The van der Waals surface area contributed by atoms with Crippen LogP contribution in [0.25, 0.3) is 0 Å². The van der Waals surface area contributed by atoms with Crippen LogP contribution in [0, 0.1) is 0 Å². The smallest absolute Gasteiger partial charge is 0.191 e. The fraction of sp³-hybridized carbons (Fsp3) is 0.550. The Morgan fingerprint density at radius 2 is 2.14 bits per heavy atom. The molecule has 0 amide bonds. The standard InChI is InChI=1S/C20H30N6O2/c1-4-18-24-19-11-8-15(13-26(19)25-18)23-20(21-5-2)22-12-17(27)14-6-9-16(28-3)10-7-14/h6-7,9-10,15,17,27H,4-5,8,11-13H2,1-3H3,(H2,21,22,23). The fourth-order valence-corrected chi connectivity index (χ4v) is 3.25. The summed E-state index contributed by atoms with van der Waals surface area (Å²) in [6.45, 7) is 5.91. The van der Waals surface area contributed by atoms with E-state index in [4.69, 9.17) is 4.74 Å². The first-order valence-electron chi connectivity index (χ1n) is 9.92. The van der Waals surface area contributed by atoms with Gasteiger partial charge in [-0.05, 0) is 31.0 Å². The molecule has 1 aromatic heterocycles. The lowest BCUT2D eigenvalue weighted by atomic mass is 10.1. The van der Waals surface area contributed by atoms with E-state index in [9.17, 15) is 5.11 Å². The lowest BCUT2D eigenvalue weighted by molar-refractivity contribution is 0.187. The third kappa shape index (κ3) is 5.01. The first-order chi connectivity index (χ1) is 13.6. The molecular formula is C20H30N6O2. The Labute approximate surface area is 166 Å². The summed E-state index contributed by atoms with van der Waals surface area (Å²) >= 11 is 0. The predicted octanol–water partition coefficient (Wildman–Crippen LogP) is 1.45. The summed E-state index contributed by atoms with van der Waals surface area (Å²) in [5, 5.41) is 21.7. The lowest BCUT2D eigenvalue weighted by Gasteiger charge is -2.25. The largest absolute Gasteiger partial charge is 0.497 e. The van der Waals surface area contributed by atoms with Gasteiger partial charge in [-0.3, -0.25) is 4.99 Å². The highest BCUT2D eigenvalue weighted by Crippen LogP contribution is 2.18. The molecule has 0 fully saturated rings. The Bertz CT molecular complexity index is 786. The molecule has 3 N–H and O–H groups in total. The molecule has 8 heteroatoms. The number of fused-ring (bicyclic) bond motifs is 1. The Morgan fingerprint density at radius 3 is 2.82 bits per heavy atom. The van der Waals surface area contributed by atoms with Crippen molar-refractivity contribution in [3.63, 3.8) is 0 Å². The Balaban J connectivity index is 1.60. The first-order valence-corrected chi connectivity index (χ1v) is 9.92. The van der Waals surface area contributed by atoms with Gasteiger partial charge in [0.2, 0.25) is 0 Å². The Kier molecular flexibility index (Phi) is 6.86. The van der Waals surface area contributed by atoms with Crippen LogP contribution in [-0.2, 0) is 19.4 Å². The number of hydrogen-bond acceptors (Lipinski definition) is 5. The summed E-state index contributed by atoms with van der Waals surface area (Å²) in [7, 11) is 1.63. The number of nitrogens with one attached hydrogen (secondary N) is 2. The van der Waals surface area contributed by atoms with Crippen LogP contribution in [0.3, 0.4) is 0 Å². The topological polar surface area (TPSA) is 96.6 Å². The predicted molar refractivity (Wildman–Crippen MR) is 109 cm³/mol. The average molecular weight is 387 g/mol.